The highest BCUT2D eigenvalue weighted by atomic mass is 15.3. The minimum absolute atomic E-state index is 0.372. The lowest BCUT2D eigenvalue weighted by atomic mass is 9.90. The Morgan fingerprint density at radius 3 is 2.44 bits per heavy atom. The topological polar surface area (TPSA) is 18.5 Å². The van der Waals surface area contributed by atoms with Gasteiger partial charge in [-0.15, -0.1) is 0 Å². The van der Waals surface area contributed by atoms with Gasteiger partial charge in [0.05, 0.1) is 0 Å². The lowest BCUT2D eigenvalue weighted by Crippen LogP contribution is -2.58. The Hall–Kier alpha value is -0.120. The number of piperazine rings is 1. The Bertz CT molecular complexity index is 240. The number of nitrogens with zero attached hydrogens (tertiary/aromatic N) is 2. The molecule has 2 unspecified atom stereocenters. The number of rotatable bonds is 4. The number of hydrogen-bond acceptors (Lipinski definition) is 3. The van der Waals surface area contributed by atoms with Gasteiger partial charge in [-0.05, 0) is 39.7 Å². The summed E-state index contributed by atoms with van der Waals surface area (Å²) >= 11 is 0. The fourth-order valence-electron chi connectivity index (χ4n) is 3.37. The molecule has 0 aromatic heterocycles. The van der Waals surface area contributed by atoms with E-state index in [4.69, 9.17) is 0 Å². The van der Waals surface area contributed by atoms with E-state index in [1.807, 2.05) is 0 Å². The molecule has 3 heteroatoms. The van der Waals surface area contributed by atoms with Gasteiger partial charge in [0.2, 0.25) is 0 Å². The van der Waals surface area contributed by atoms with Crippen LogP contribution in [-0.4, -0.2) is 60.6 Å². The highest BCUT2D eigenvalue weighted by Crippen LogP contribution is 2.21. The lowest BCUT2D eigenvalue weighted by molar-refractivity contribution is 0.0747. The van der Waals surface area contributed by atoms with Gasteiger partial charge in [-0.25, -0.2) is 0 Å². The number of hydrogen-bond donors (Lipinski definition) is 1. The maximum Gasteiger partial charge on any atom is 0.0280 e. The van der Waals surface area contributed by atoms with Crippen molar-refractivity contribution in [2.75, 3.05) is 39.3 Å². The average molecular weight is 253 g/mol. The first-order chi connectivity index (χ1) is 8.63. The second kappa shape index (κ2) is 6.36. The molecule has 0 saturated carbocycles. The van der Waals surface area contributed by atoms with Crippen molar-refractivity contribution < 1.29 is 0 Å². The normalized spacial score (nSPS) is 33.5. The van der Waals surface area contributed by atoms with E-state index in [9.17, 15) is 0 Å². The van der Waals surface area contributed by atoms with Crippen LogP contribution in [0.1, 0.15) is 46.5 Å². The van der Waals surface area contributed by atoms with E-state index in [0.717, 1.165) is 6.04 Å². The van der Waals surface area contributed by atoms with Gasteiger partial charge in [-0.3, -0.25) is 9.80 Å². The number of piperidine rings is 1. The van der Waals surface area contributed by atoms with Crippen molar-refractivity contribution in [3.05, 3.63) is 0 Å². The van der Waals surface area contributed by atoms with Crippen molar-refractivity contribution in [2.24, 2.45) is 0 Å². The molecule has 2 rings (SSSR count). The van der Waals surface area contributed by atoms with Crippen LogP contribution in [0.25, 0.3) is 0 Å². The van der Waals surface area contributed by atoms with Crippen molar-refractivity contribution in [2.45, 2.75) is 58.0 Å². The van der Waals surface area contributed by atoms with Gasteiger partial charge in [0.1, 0.15) is 0 Å². The molecule has 0 bridgehead atoms. The highest BCUT2D eigenvalue weighted by molar-refractivity contribution is 4.91. The fraction of sp³-hybridized carbons (Fsp3) is 1.00. The van der Waals surface area contributed by atoms with Gasteiger partial charge in [0.15, 0.2) is 0 Å². The second-order valence-electron chi connectivity index (χ2n) is 6.51. The Morgan fingerprint density at radius 1 is 1.17 bits per heavy atom. The second-order valence-corrected chi connectivity index (χ2v) is 6.51. The Labute approximate surface area is 113 Å². The van der Waals surface area contributed by atoms with Crippen molar-refractivity contribution >= 4 is 0 Å². The van der Waals surface area contributed by atoms with E-state index in [0.29, 0.717) is 5.54 Å². The molecule has 2 heterocycles. The summed E-state index contributed by atoms with van der Waals surface area (Å²) in [7, 11) is 0. The number of nitrogens with one attached hydrogen (secondary N) is 1. The molecular weight excluding hydrogens is 222 g/mol. The van der Waals surface area contributed by atoms with Crippen LogP contribution in [-0.2, 0) is 0 Å². The summed E-state index contributed by atoms with van der Waals surface area (Å²) < 4.78 is 0. The molecule has 3 nitrogen and oxygen atoms in total. The van der Waals surface area contributed by atoms with Crippen LogP contribution in [0.15, 0.2) is 0 Å². The first-order valence-corrected chi connectivity index (χ1v) is 7.84. The summed E-state index contributed by atoms with van der Waals surface area (Å²) in [6, 6.07) is 0.760. The molecule has 0 aromatic carbocycles. The molecule has 0 radical (unpaired) electrons. The first-order valence-electron chi connectivity index (χ1n) is 7.84. The predicted octanol–water partition coefficient (Wildman–Crippen LogP) is 1.93. The first kappa shape index (κ1) is 14.3. The molecule has 1 N–H and O–H groups in total. The Kier molecular flexibility index (Phi) is 5.05. The summed E-state index contributed by atoms with van der Waals surface area (Å²) in [5.74, 6) is 0. The van der Waals surface area contributed by atoms with Crippen LogP contribution in [0, 0.1) is 0 Å². The van der Waals surface area contributed by atoms with E-state index < -0.39 is 0 Å². The van der Waals surface area contributed by atoms with Crippen molar-refractivity contribution in [3.63, 3.8) is 0 Å². The predicted molar refractivity (Wildman–Crippen MR) is 78.0 cm³/mol. The third-order valence-corrected chi connectivity index (χ3v) is 4.90. The molecule has 2 aliphatic heterocycles. The molecule has 2 fully saturated rings. The molecule has 2 saturated heterocycles. The molecule has 0 aliphatic carbocycles. The molecule has 0 amide bonds. The minimum atomic E-state index is 0.372. The van der Waals surface area contributed by atoms with Gasteiger partial charge < -0.3 is 5.32 Å². The van der Waals surface area contributed by atoms with Crippen LogP contribution in [0.5, 0.6) is 0 Å². The van der Waals surface area contributed by atoms with Crippen LogP contribution >= 0.6 is 0 Å². The van der Waals surface area contributed by atoms with Crippen LogP contribution < -0.4 is 5.32 Å². The largest absolute Gasteiger partial charge is 0.310 e. The van der Waals surface area contributed by atoms with Crippen LogP contribution in [0.3, 0.4) is 0 Å². The Morgan fingerprint density at radius 2 is 1.89 bits per heavy atom. The maximum absolute atomic E-state index is 3.73. The molecule has 0 spiro atoms. The zero-order valence-electron chi connectivity index (χ0n) is 12.5. The summed E-state index contributed by atoms with van der Waals surface area (Å²) in [4.78, 5) is 5.31. The molecule has 106 valence electrons. The third-order valence-electron chi connectivity index (χ3n) is 4.90. The quantitative estimate of drug-likeness (QED) is 0.826. The third kappa shape index (κ3) is 3.69. The van der Waals surface area contributed by atoms with Gasteiger partial charge in [-0.2, -0.15) is 0 Å². The molecule has 2 aliphatic rings. The van der Waals surface area contributed by atoms with E-state index in [-0.39, 0.29) is 0 Å². The van der Waals surface area contributed by atoms with Crippen LogP contribution in [0.4, 0.5) is 0 Å². The van der Waals surface area contributed by atoms with Gasteiger partial charge in [0, 0.05) is 44.3 Å². The molecule has 0 aromatic rings. The van der Waals surface area contributed by atoms with Crippen LogP contribution in [0.2, 0.25) is 0 Å². The molecule has 2 atom stereocenters. The summed E-state index contributed by atoms with van der Waals surface area (Å²) in [5, 5.41) is 3.73. The smallest absolute Gasteiger partial charge is 0.0280 e. The monoisotopic (exact) mass is 253 g/mol. The highest BCUT2D eigenvalue weighted by Gasteiger charge is 2.30. The summed E-state index contributed by atoms with van der Waals surface area (Å²) in [5.41, 5.74) is 0.372. The van der Waals surface area contributed by atoms with E-state index in [2.05, 4.69) is 35.9 Å². The zero-order chi connectivity index (χ0) is 13.0. The lowest BCUT2D eigenvalue weighted by Gasteiger charge is -2.43. The summed E-state index contributed by atoms with van der Waals surface area (Å²) in [6.07, 6.45) is 5.38. The minimum Gasteiger partial charge on any atom is -0.310 e. The molecule has 18 heavy (non-hydrogen) atoms. The van der Waals surface area contributed by atoms with Gasteiger partial charge in [-0.1, -0.05) is 13.3 Å². The van der Waals surface area contributed by atoms with E-state index in [1.54, 1.807) is 0 Å². The van der Waals surface area contributed by atoms with Crippen molar-refractivity contribution in [1.29, 1.82) is 0 Å². The summed E-state index contributed by atoms with van der Waals surface area (Å²) in [6.45, 7) is 14.5. The zero-order valence-corrected chi connectivity index (χ0v) is 12.5. The average Bonchev–Trinajstić information content (AvgIpc) is 2.39. The van der Waals surface area contributed by atoms with Gasteiger partial charge >= 0.3 is 0 Å². The SMILES string of the molecule is CCC(C)N1CCN(CC2(C)CCCCN2)CC1. The van der Waals surface area contributed by atoms with Crippen molar-refractivity contribution in [1.82, 2.24) is 15.1 Å². The fourth-order valence-corrected chi connectivity index (χ4v) is 3.37. The maximum atomic E-state index is 3.73. The van der Waals surface area contributed by atoms with Gasteiger partial charge in [0.25, 0.3) is 0 Å². The van der Waals surface area contributed by atoms with E-state index in [1.165, 1.54) is 65.0 Å². The Balaban J connectivity index is 1.76. The van der Waals surface area contributed by atoms with Crippen molar-refractivity contribution in [3.8, 4) is 0 Å². The van der Waals surface area contributed by atoms with E-state index >= 15 is 0 Å². The standard InChI is InChI=1S/C15H31N3/c1-4-14(2)18-11-9-17(10-12-18)13-15(3)7-5-6-8-16-15/h14,16H,4-13H2,1-3H3. The molecular formula is C15H31N3.